The second-order valence-corrected chi connectivity index (χ2v) is 15.5. The number of ether oxygens (including phenoxy) is 4. The predicted octanol–water partition coefficient (Wildman–Crippen LogP) is 11.1. The number of halogens is 2. The lowest BCUT2D eigenvalue weighted by atomic mass is 10.0. The summed E-state index contributed by atoms with van der Waals surface area (Å²) < 4.78 is 24.1. The quantitative estimate of drug-likeness (QED) is 0.156. The van der Waals surface area contributed by atoms with Crippen LogP contribution in [0.15, 0.2) is 80.4 Å². The van der Waals surface area contributed by atoms with E-state index >= 15 is 0 Å². The Hall–Kier alpha value is -4.10. The van der Waals surface area contributed by atoms with Crippen molar-refractivity contribution >= 4 is 64.8 Å². The molecule has 0 spiro atoms. The van der Waals surface area contributed by atoms with Crippen molar-refractivity contribution < 1.29 is 18.9 Å². The molecule has 12 heteroatoms. The number of nitrogens with zero attached hydrogens (tertiary/aromatic N) is 2. The van der Waals surface area contributed by atoms with Gasteiger partial charge in [-0.1, -0.05) is 22.7 Å². The van der Waals surface area contributed by atoms with Crippen molar-refractivity contribution in [3.05, 3.63) is 103 Å². The fraction of sp³-hybridized carbons (Fsp3) is 0.167. The van der Waals surface area contributed by atoms with Gasteiger partial charge in [0.15, 0.2) is 10.3 Å². The van der Waals surface area contributed by atoms with E-state index in [1.165, 1.54) is 22.7 Å². The molecule has 0 saturated heterocycles. The molecule has 0 fully saturated rings. The Morgan fingerprint density at radius 1 is 0.500 bits per heavy atom. The van der Waals surface area contributed by atoms with Crippen LogP contribution >= 0.6 is 54.5 Å². The highest BCUT2D eigenvalue weighted by Crippen LogP contribution is 2.41. The van der Waals surface area contributed by atoms with E-state index in [1.807, 2.05) is 100 Å². The summed E-state index contributed by atoms with van der Waals surface area (Å²) in [5.74, 6) is 4.71. The van der Waals surface area contributed by atoms with Crippen LogP contribution in [0.4, 0.5) is 10.3 Å². The number of hydrogen-bond donors (Lipinski definition) is 2. The van der Waals surface area contributed by atoms with Crippen LogP contribution < -0.4 is 30.4 Å². The Kier molecular flexibility index (Phi) is 11.3. The van der Waals surface area contributed by atoms with Crippen molar-refractivity contribution in [2.24, 2.45) is 0 Å². The monoisotopic (exact) mass is 808 g/mol. The van der Waals surface area contributed by atoms with E-state index in [2.05, 4.69) is 41.8 Å². The number of aromatic nitrogens is 2. The maximum Gasteiger partial charge on any atom is 0.181 e. The molecule has 0 bridgehead atoms. The second-order valence-electron chi connectivity index (χ2n) is 10.8. The molecule has 4 aromatic carbocycles. The third kappa shape index (κ3) is 8.30. The molecule has 248 valence electrons. The predicted molar refractivity (Wildman–Crippen MR) is 204 cm³/mol. The zero-order valence-corrected chi connectivity index (χ0v) is 32.0. The molecule has 4 N–H and O–H groups in total. The van der Waals surface area contributed by atoms with E-state index in [0.717, 1.165) is 86.8 Å². The molecule has 0 aliphatic heterocycles. The maximum absolute atomic E-state index is 5.96. The van der Waals surface area contributed by atoms with E-state index in [4.69, 9.17) is 30.4 Å². The number of nitrogens with two attached hydrogens (primary N) is 2. The summed E-state index contributed by atoms with van der Waals surface area (Å²) in [7, 11) is 3.29. The van der Waals surface area contributed by atoms with Crippen molar-refractivity contribution in [2.45, 2.75) is 27.7 Å². The minimum absolute atomic E-state index is 0.550. The number of hydrogen-bond acceptors (Lipinski definition) is 10. The van der Waals surface area contributed by atoms with Gasteiger partial charge in [-0.25, -0.2) is 9.97 Å². The summed E-state index contributed by atoms with van der Waals surface area (Å²) in [6.07, 6.45) is 0. The SMILES string of the molecule is COc1ccc(Oc2cc(C)c(-c3nc(N)sc3Br)c(C)c2)cc1.COc1ccc(Oc2cc(C)c(-c3nc(N)sc3Br)c(C)c2)cc1. The van der Waals surface area contributed by atoms with Crippen LogP contribution in [-0.2, 0) is 0 Å². The highest BCUT2D eigenvalue weighted by Gasteiger charge is 2.17. The number of nitrogen functional groups attached to an aromatic ring is 2. The lowest BCUT2D eigenvalue weighted by Crippen LogP contribution is -1.93. The van der Waals surface area contributed by atoms with Crippen molar-refractivity contribution in [3.8, 4) is 57.0 Å². The van der Waals surface area contributed by atoms with Gasteiger partial charge in [0.2, 0.25) is 0 Å². The number of rotatable bonds is 8. The Morgan fingerprint density at radius 2 is 0.792 bits per heavy atom. The molecule has 48 heavy (non-hydrogen) atoms. The first-order chi connectivity index (χ1) is 22.9. The fourth-order valence-electron chi connectivity index (χ4n) is 5.21. The molecule has 2 heterocycles. The van der Waals surface area contributed by atoms with Crippen LogP contribution in [0.25, 0.3) is 22.5 Å². The molecule has 0 aliphatic rings. The number of anilines is 2. The maximum atomic E-state index is 5.96. The first-order valence-corrected chi connectivity index (χ1v) is 17.9. The second kappa shape index (κ2) is 15.4. The van der Waals surface area contributed by atoms with E-state index < -0.39 is 0 Å². The average Bonchev–Trinajstić information content (AvgIpc) is 3.55. The van der Waals surface area contributed by atoms with Crippen molar-refractivity contribution in [1.29, 1.82) is 0 Å². The first kappa shape index (κ1) is 35.2. The van der Waals surface area contributed by atoms with Crippen molar-refractivity contribution in [1.82, 2.24) is 9.97 Å². The molecule has 0 atom stereocenters. The van der Waals surface area contributed by atoms with E-state index in [0.29, 0.717) is 10.3 Å². The summed E-state index contributed by atoms with van der Waals surface area (Å²) in [5, 5.41) is 1.10. The van der Waals surface area contributed by atoms with Crippen LogP contribution in [0.2, 0.25) is 0 Å². The molecule has 2 aromatic heterocycles. The Labute approximate surface area is 305 Å². The van der Waals surface area contributed by atoms with Gasteiger partial charge in [0.05, 0.1) is 33.2 Å². The zero-order valence-electron chi connectivity index (χ0n) is 27.2. The lowest BCUT2D eigenvalue weighted by Gasteiger charge is -2.13. The molecule has 0 radical (unpaired) electrons. The molecule has 6 aromatic rings. The third-order valence-corrected chi connectivity index (χ3v) is 10.3. The number of aryl methyl sites for hydroxylation is 4. The van der Waals surface area contributed by atoms with Gasteiger partial charge in [-0.05, 0) is 155 Å². The average molecular weight is 811 g/mol. The van der Waals surface area contributed by atoms with Gasteiger partial charge in [0, 0.05) is 11.1 Å². The number of methoxy groups -OCH3 is 2. The molecule has 8 nitrogen and oxygen atoms in total. The molecular formula is C36H34Br2N4O4S2. The summed E-state index contributed by atoms with van der Waals surface area (Å²) in [6, 6.07) is 23.1. The lowest BCUT2D eigenvalue weighted by molar-refractivity contribution is 0.412. The van der Waals surface area contributed by atoms with E-state index in [1.54, 1.807) is 14.2 Å². The number of benzene rings is 4. The Bertz CT molecular complexity index is 1850. The van der Waals surface area contributed by atoms with Crippen LogP contribution in [0.1, 0.15) is 22.3 Å². The van der Waals surface area contributed by atoms with Gasteiger partial charge < -0.3 is 30.4 Å². The Balaban J connectivity index is 0.000000188. The zero-order chi connectivity index (χ0) is 34.5. The van der Waals surface area contributed by atoms with Crippen molar-refractivity contribution in [2.75, 3.05) is 25.7 Å². The molecule has 0 unspecified atom stereocenters. The molecule has 6 rings (SSSR count). The largest absolute Gasteiger partial charge is 0.497 e. The Morgan fingerprint density at radius 3 is 1.04 bits per heavy atom. The van der Waals surface area contributed by atoms with Gasteiger partial charge in [0.1, 0.15) is 34.5 Å². The standard InChI is InChI=1S/2C18H17BrN2O2S/c2*1-10-8-14(23-13-6-4-12(22-3)5-7-13)9-11(2)15(10)16-17(19)24-18(20)21-16/h2*4-9H,1-3H3,(H2,20,21). The van der Waals surface area contributed by atoms with Gasteiger partial charge >= 0.3 is 0 Å². The van der Waals surface area contributed by atoms with Crippen LogP contribution in [0, 0.1) is 27.7 Å². The fourth-order valence-corrected chi connectivity index (χ4v) is 7.91. The van der Waals surface area contributed by atoms with Gasteiger partial charge in [0.25, 0.3) is 0 Å². The third-order valence-electron chi connectivity index (χ3n) is 7.28. The first-order valence-electron chi connectivity index (χ1n) is 14.7. The summed E-state index contributed by atoms with van der Waals surface area (Å²) >= 11 is 9.95. The topological polar surface area (TPSA) is 115 Å². The van der Waals surface area contributed by atoms with Gasteiger partial charge in [-0.2, -0.15) is 0 Å². The minimum Gasteiger partial charge on any atom is -0.497 e. The molecular weight excluding hydrogens is 776 g/mol. The number of thiazole rings is 2. The molecule has 0 amide bonds. The van der Waals surface area contributed by atoms with Crippen molar-refractivity contribution in [3.63, 3.8) is 0 Å². The summed E-state index contributed by atoms with van der Waals surface area (Å²) in [5.41, 5.74) is 19.9. The van der Waals surface area contributed by atoms with Crippen LogP contribution in [0.5, 0.6) is 34.5 Å². The van der Waals surface area contributed by atoms with E-state index in [9.17, 15) is 0 Å². The summed E-state index contributed by atoms with van der Waals surface area (Å²) in [6.45, 7) is 8.19. The van der Waals surface area contributed by atoms with Gasteiger partial charge in [-0.15, -0.1) is 0 Å². The molecule has 0 aliphatic carbocycles. The highest BCUT2D eigenvalue weighted by atomic mass is 79.9. The summed E-state index contributed by atoms with van der Waals surface area (Å²) in [4.78, 5) is 8.86. The normalized spacial score (nSPS) is 10.7. The molecule has 0 saturated carbocycles. The highest BCUT2D eigenvalue weighted by molar-refractivity contribution is 9.11. The minimum atomic E-state index is 0.550. The van der Waals surface area contributed by atoms with Crippen LogP contribution in [-0.4, -0.2) is 24.2 Å². The smallest absolute Gasteiger partial charge is 0.181 e. The van der Waals surface area contributed by atoms with Crippen LogP contribution in [0.3, 0.4) is 0 Å². The van der Waals surface area contributed by atoms with Gasteiger partial charge in [-0.3, -0.25) is 0 Å². The van der Waals surface area contributed by atoms with E-state index in [-0.39, 0.29) is 0 Å².